The number of thiophene rings is 1. The van der Waals surface area contributed by atoms with Crippen molar-refractivity contribution in [3.8, 4) is 0 Å². The third-order valence-corrected chi connectivity index (χ3v) is 5.46. The van der Waals surface area contributed by atoms with Crippen molar-refractivity contribution < 1.29 is 9.84 Å². The smallest absolute Gasteiger partial charge is 0.191 e. The van der Waals surface area contributed by atoms with Crippen LogP contribution in [0.15, 0.2) is 17.1 Å². The fourth-order valence-electron chi connectivity index (χ4n) is 3.09. The second kappa shape index (κ2) is 13.2. The van der Waals surface area contributed by atoms with Gasteiger partial charge in [-0.25, -0.2) is 0 Å². The molecule has 1 aromatic heterocycles. The van der Waals surface area contributed by atoms with Crippen LogP contribution in [0, 0.1) is 0 Å². The number of guanidine groups is 1. The Morgan fingerprint density at radius 2 is 2.07 bits per heavy atom. The van der Waals surface area contributed by atoms with Crippen LogP contribution in [0.25, 0.3) is 0 Å². The van der Waals surface area contributed by atoms with Gasteiger partial charge in [0.25, 0.3) is 0 Å². The van der Waals surface area contributed by atoms with Gasteiger partial charge in [0, 0.05) is 37.6 Å². The second-order valence-corrected chi connectivity index (χ2v) is 8.42. The molecule has 6 nitrogen and oxygen atoms in total. The van der Waals surface area contributed by atoms with Crippen molar-refractivity contribution in [2.24, 2.45) is 4.99 Å². The molecule has 0 bridgehead atoms. The van der Waals surface area contributed by atoms with Crippen molar-refractivity contribution in [3.63, 3.8) is 0 Å². The zero-order chi connectivity index (χ0) is 18.9. The molecule has 1 aromatic rings. The number of aliphatic hydroxyl groups is 1. The zero-order valence-corrected chi connectivity index (χ0v) is 20.2. The number of morpholine rings is 1. The van der Waals surface area contributed by atoms with Gasteiger partial charge in [0.2, 0.25) is 0 Å². The van der Waals surface area contributed by atoms with E-state index in [1.807, 2.05) is 13.0 Å². The van der Waals surface area contributed by atoms with Crippen LogP contribution >= 0.6 is 46.9 Å². The molecule has 27 heavy (non-hydrogen) atoms. The van der Waals surface area contributed by atoms with E-state index in [9.17, 15) is 5.11 Å². The number of hydrogen-bond donors (Lipinski definition) is 3. The van der Waals surface area contributed by atoms with E-state index in [1.54, 1.807) is 6.07 Å². The zero-order valence-electron chi connectivity index (χ0n) is 16.3. The fraction of sp³-hybridized carbons (Fsp3) is 0.722. The summed E-state index contributed by atoms with van der Waals surface area (Å²) in [5.41, 5.74) is 0. The maximum atomic E-state index is 10.2. The van der Waals surface area contributed by atoms with Crippen molar-refractivity contribution in [1.82, 2.24) is 15.5 Å². The van der Waals surface area contributed by atoms with Crippen molar-refractivity contribution in [2.45, 2.75) is 45.5 Å². The Balaban J connectivity index is 0.00000364. The van der Waals surface area contributed by atoms with Gasteiger partial charge in [0.15, 0.2) is 5.96 Å². The van der Waals surface area contributed by atoms with Crippen molar-refractivity contribution in [1.29, 1.82) is 0 Å². The van der Waals surface area contributed by atoms with Gasteiger partial charge < -0.3 is 20.5 Å². The molecule has 3 unspecified atom stereocenters. The van der Waals surface area contributed by atoms with Gasteiger partial charge in [-0.2, -0.15) is 0 Å². The quantitative estimate of drug-likeness (QED) is 0.209. The lowest BCUT2D eigenvalue weighted by molar-refractivity contribution is -0.0679. The molecule has 0 aliphatic carbocycles. The maximum Gasteiger partial charge on any atom is 0.191 e. The van der Waals surface area contributed by atoms with E-state index >= 15 is 0 Å². The predicted molar refractivity (Wildman–Crippen MR) is 125 cm³/mol. The maximum absolute atomic E-state index is 10.2. The first-order valence-corrected chi connectivity index (χ1v) is 10.5. The highest BCUT2D eigenvalue weighted by molar-refractivity contribution is 14.0. The lowest BCUT2D eigenvalue weighted by Crippen LogP contribution is -2.46. The second-order valence-electron chi connectivity index (χ2n) is 6.67. The highest BCUT2D eigenvalue weighted by Crippen LogP contribution is 2.26. The van der Waals surface area contributed by atoms with Crippen LogP contribution in [0.1, 0.15) is 38.2 Å². The van der Waals surface area contributed by atoms with Gasteiger partial charge >= 0.3 is 0 Å². The van der Waals surface area contributed by atoms with Crippen molar-refractivity contribution in [2.75, 3.05) is 39.3 Å². The molecule has 156 valence electrons. The Kier molecular flexibility index (Phi) is 12.1. The van der Waals surface area contributed by atoms with Crippen LogP contribution in [-0.4, -0.2) is 67.4 Å². The Labute approximate surface area is 188 Å². The van der Waals surface area contributed by atoms with E-state index in [0.717, 1.165) is 50.0 Å². The largest absolute Gasteiger partial charge is 0.386 e. The Bertz CT molecular complexity index is 565. The molecule has 0 saturated carbocycles. The van der Waals surface area contributed by atoms with Gasteiger partial charge in [-0.15, -0.1) is 35.3 Å². The first-order chi connectivity index (χ1) is 12.5. The average molecular weight is 531 g/mol. The summed E-state index contributed by atoms with van der Waals surface area (Å²) in [4.78, 5) is 7.77. The topological polar surface area (TPSA) is 69.1 Å². The minimum Gasteiger partial charge on any atom is -0.386 e. The fourth-order valence-corrected chi connectivity index (χ4v) is 4.13. The van der Waals surface area contributed by atoms with E-state index in [0.29, 0.717) is 23.1 Å². The standard InChI is InChI=1S/C18H31ClN4O2S.HI/c1-4-20-18(22-10-15(24)16-6-7-17(19)26-16)21-8-5-9-23-11-13(2)25-14(3)12-23;/h6-7,13-15,24H,4-5,8-12H2,1-3H3,(H2,20,21,22);1H. The minimum absolute atomic E-state index is 0. The number of ether oxygens (including phenoxy) is 1. The molecular formula is C18H32ClIN4O2S. The van der Waals surface area contributed by atoms with Crippen LogP contribution in [0.2, 0.25) is 4.34 Å². The molecule has 1 aliphatic rings. The monoisotopic (exact) mass is 530 g/mol. The SMILES string of the molecule is CCNC(=NCC(O)c1ccc(Cl)s1)NCCCN1CC(C)OC(C)C1.I. The van der Waals surface area contributed by atoms with Crippen molar-refractivity contribution >= 4 is 52.9 Å². The summed E-state index contributed by atoms with van der Waals surface area (Å²) in [6.07, 6.45) is 1.02. The molecule has 2 rings (SSSR count). The number of nitrogens with one attached hydrogen (secondary N) is 2. The lowest BCUT2D eigenvalue weighted by atomic mass is 10.2. The van der Waals surface area contributed by atoms with E-state index in [-0.39, 0.29) is 24.0 Å². The molecule has 1 saturated heterocycles. The normalized spacial score (nSPS) is 22.2. The highest BCUT2D eigenvalue weighted by Gasteiger charge is 2.21. The molecule has 0 spiro atoms. The molecule has 0 amide bonds. The summed E-state index contributed by atoms with van der Waals surface area (Å²) in [6, 6.07) is 3.64. The Morgan fingerprint density at radius 1 is 1.37 bits per heavy atom. The van der Waals surface area contributed by atoms with Gasteiger partial charge in [-0.3, -0.25) is 9.89 Å². The number of hydrogen-bond acceptors (Lipinski definition) is 5. The molecule has 0 aromatic carbocycles. The van der Waals surface area contributed by atoms with Crippen LogP contribution in [0.4, 0.5) is 0 Å². The Morgan fingerprint density at radius 3 is 2.67 bits per heavy atom. The van der Waals surface area contributed by atoms with Gasteiger partial charge in [0.05, 0.1) is 23.1 Å². The van der Waals surface area contributed by atoms with E-state index in [1.165, 1.54) is 11.3 Å². The minimum atomic E-state index is -0.626. The van der Waals surface area contributed by atoms with Gasteiger partial charge in [0.1, 0.15) is 6.10 Å². The van der Waals surface area contributed by atoms with Crippen molar-refractivity contribution in [3.05, 3.63) is 21.3 Å². The number of rotatable bonds is 8. The van der Waals surface area contributed by atoms with Gasteiger partial charge in [-0.1, -0.05) is 11.6 Å². The molecule has 3 atom stereocenters. The molecular weight excluding hydrogens is 499 g/mol. The molecule has 0 radical (unpaired) electrons. The predicted octanol–water partition coefficient (Wildman–Crippen LogP) is 3.11. The average Bonchev–Trinajstić information content (AvgIpc) is 3.02. The summed E-state index contributed by atoms with van der Waals surface area (Å²) in [6.45, 7) is 11.3. The van der Waals surface area contributed by atoms with Crippen LogP contribution in [-0.2, 0) is 4.74 Å². The molecule has 1 aliphatic heterocycles. The van der Waals surface area contributed by atoms with Crippen LogP contribution in [0.3, 0.4) is 0 Å². The summed E-state index contributed by atoms with van der Waals surface area (Å²) in [5, 5.41) is 16.8. The third-order valence-electron chi connectivity index (χ3n) is 4.13. The number of aliphatic hydroxyl groups excluding tert-OH is 1. The molecule has 1 fully saturated rings. The van der Waals surface area contributed by atoms with Crippen LogP contribution < -0.4 is 10.6 Å². The third kappa shape index (κ3) is 9.27. The lowest BCUT2D eigenvalue weighted by Gasteiger charge is -2.35. The molecule has 9 heteroatoms. The van der Waals surface area contributed by atoms with E-state index < -0.39 is 6.10 Å². The summed E-state index contributed by atoms with van der Waals surface area (Å²) < 4.78 is 6.45. The van der Waals surface area contributed by atoms with Crippen LogP contribution in [0.5, 0.6) is 0 Å². The summed E-state index contributed by atoms with van der Waals surface area (Å²) in [5.74, 6) is 0.734. The van der Waals surface area contributed by atoms with E-state index in [4.69, 9.17) is 16.3 Å². The highest BCUT2D eigenvalue weighted by atomic mass is 127. The summed E-state index contributed by atoms with van der Waals surface area (Å²) >= 11 is 7.31. The molecule has 3 N–H and O–H groups in total. The molecule has 2 heterocycles. The number of halogens is 2. The summed E-state index contributed by atoms with van der Waals surface area (Å²) in [7, 11) is 0. The van der Waals surface area contributed by atoms with E-state index in [2.05, 4.69) is 34.4 Å². The Hall–Kier alpha value is -0.130. The first kappa shape index (κ1) is 24.9. The number of aliphatic imine (C=N–C) groups is 1. The first-order valence-electron chi connectivity index (χ1n) is 9.31. The van der Waals surface area contributed by atoms with Gasteiger partial charge in [-0.05, 0) is 39.3 Å². The number of nitrogens with zero attached hydrogens (tertiary/aromatic N) is 2.